The number of hydrogen-bond donors (Lipinski definition) is 4. The number of fused-ring (bicyclic) bond motifs is 1. The number of carboxylic acid groups (broad SMARTS) is 3. The van der Waals surface area contributed by atoms with Crippen molar-refractivity contribution in [1.29, 1.82) is 0 Å². The Hall–Kier alpha value is -3.47. The molecular formula is C18H16ClFN6O8S. The molecular weight excluding hydrogens is 515 g/mol. The average molecular weight is 531 g/mol. The molecule has 3 atom stereocenters. The van der Waals surface area contributed by atoms with E-state index in [1.54, 1.807) is 0 Å². The largest absolute Gasteiger partial charge is 0.479 e. The molecule has 4 heterocycles. The lowest BCUT2D eigenvalue weighted by atomic mass is 9.98. The second kappa shape index (κ2) is 9.29. The van der Waals surface area contributed by atoms with Crippen molar-refractivity contribution >= 4 is 57.8 Å². The summed E-state index contributed by atoms with van der Waals surface area (Å²) in [6, 6.07) is 0. The smallest absolute Gasteiger partial charge is 0.365 e. The number of hydrogen-bond acceptors (Lipinski definition) is 11. The summed E-state index contributed by atoms with van der Waals surface area (Å²) in [6.07, 6.45) is -3.69. The maximum absolute atomic E-state index is 14.9. The fourth-order valence-electron chi connectivity index (χ4n) is 3.54. The Morgan fingerprint density at radius 2 is 2.00 bits per heavy atom. The summed E-state index contributed by atoms with van der Waals surface area (Å²) < 4.78 is 27.0. The molecule has 0 aliphatic carbocycles. The number of ether oxygens (including phenoxy) is 2. The molecule has 0 aromatic carbocycles. The van der Waals surface area contributed by atoms with Gasteiger partial charge in [0, 0.05) is 18.2 Å². The molecule has 17 heteroatoms. The minimum absolute atomic E-state index is 0.0205. The van der Waals surface area contributed by atoms with Crippen LogP contribution >= 0.6 is 22.9 Å². The van der Waals surface area contributed by atoms with Crippen LogP contribution in [-0.2, 0) is 25.5 Å². The predicted octanol–water partition coefficient (Wildman–Crippen LogP) is 1.01. The van der Waals surface area contributed by atoms with Crippen molar-refractivity contribution in [3.05, 3.63) is 27.7 Å². The molecule has 3 unspecified atom stereocenters. The van der Waals surface area contributed by atoms with Crippen LogP contribution in [0.15, 0.2) is 11.7 Å². The third kappa shape index (κ3) is 4.60. The van der Waals surface area contributed by atoms with E-state index in [1.165, 1.54) is 16.3 Å². The molecule has 5 N–H and O–H groups in total. The van der Waals surface area contributed by atoms with Gasteiger partial charge in [0.25, 0.3) is 5.60 Å². The van der Waals surface area contributed by atoms with Crippen molar-refractivity contribution in [2.45, 2.75) is 36.9 Å². The number of aliphatic carboxylic acids is 2. The zero-order valence-corrected chi connectivity index (χ0v) is 18.9. The lowest BCUT2D eigenvalue weighted by Gasteiger charge is -2.26. The average Bonchev–Trinajstić information content (AvgIpc) is 3.49. The molecule has 4 rings (SSSR count). The first-order chi connectivity index (χ1) is 16.5. The van der Waals surface area contributed by atoms with Crippen LogP contribution in [-0.4, -0.2) is 82.2 Å². The number of halogens is 2. The summed E-state index contributed by atoms with van der Waals surface area (Å²) in [4.78, 5) is 50.4. The highest BCUT2D eigenvalue weighted by atomic mass is 35.5. The lowest BCUT2D eigenvalue weighted by Crippen LogP contribution is -2.52. The van der Waals surface area contributed by atoms with Gasteiger partial charge in [-0.15, -0.1) is 11.3 Å². The van der Waals surface area contributed by atoms with E-state index in [0.717, 1.165) is 0 Å². The highest BCUT2D eigenvalue weighted by molar-refractivity contribution is 7.11. The van der Waals surface area contributed by atoms with Gasteiger partial charge in [-0.3, -0.25) is 4.57 Å². The molecule has 0 bridgehead atoms. The van der Waals surface area contributed by atoms with Crippen molar-refractivity contribution in [2.24, 2.45) is 0 Å². The van der Waals surface area contributed by atoms with Crippen LogP contribution in [0.1, 0.15) is 28.1 Å². The van der Waals surface area contributed by atoms with E-state index in [1.807, 2.05) is 0 Å². The molecule has 0 spiro atoms. The Balaban J connectivity index is 1.52. The number of alkyl halides is 1. The van der Waals surface area contributed by atoms with Crippen molar-refractivity contribution in [3.8, 4) is 0 Å². The Kier molecular flexibility index (Phi) is 6.54. The normalized spacial score (nSPS) is 20.3. The molecule has 14 nitrogen and oxygen atoms in total. The van der Waals surface area contributed by atoms with Gasteiger partial charge in [0.15, 0.2) is 17.7 Å². The number of rotatable bonds is 9. The van der Waals surface area contributed by atoms with E-state index in [9.17, 15) is 29.0 Å². The number of carbonyl (C=O) groups is 3. The third-order valence-corrected chi connectivity index (χ3v) is 6.24. The first kappa shape index (κ1) is 24.6. The monoisotopic (exact) mass is 530 g/mol. The molecule has 0 saturated carbocycles. The van der Waals surface area contributed by atoms with Crippen molar-refractivity contribution in [3.63, 3.8) is 0 Å². The summed E-state index contributed by atoms with van der Waals surface area (Å²) in [5.41, 5.74) is 3.11. The topological polar surface area (TPSA) is 213 Å². The van der Waals surface area contributed by atoms with Crippen LogP contribution in [0, 0.1) is 0 Å². The Morgan fingerprint density at radius 3 is 2.63 bits per heavy atom. The van der Waals surface area contributed by atoms with Gasteiger partial charge >= 0.3 is 17.9 Å². The van der Waals surface area contributed by atoms with E-state index in [-0.39, 0.29) is 39.4 Å². The third-order valence-electron chi connectivity index (χ3n) is 5.20. The molecule has 3 aromatic rings. The van der Waals surface area contributed by atoms with E-state index in [0.29, 0.717) is 11.3 Å². The summed E-state index contributed by atoms with van der Waals surface area (Å²) in [6.45, 7) is -0.601. The maximum Gasteiger partial charge on any atom is 0.365 e. The molecule has 186 valence electrons. The molecule has 3 aromatic heterocycles. The zero-order valence-electron chi connectivity index (χ0n) is 17.4. The fraction of sp³-hybridized carbons (Fsp3) is 0.389. The number of nitrogens with two attached hydrogens (primary N) is 1. The molecule has 35 heavy (non-hydrogen) atoms. The number of anilines is 1. The Morgan fingerprint density at radius 1 is 1.29 bits per heavy atom. The van der Waals surface area contributed by atoms with Crippen LogP contribution in [0.5, 0.6) is 0 Å². The van der Waals surface area contributed by atoms with Gasteiger partial charge in [0.05, 0.1) is 24.7 Å². The molecule has 1 aliphatic heterocycles. The van der Waals surface area contributed by atoms with Gasteiger partial charge < -0.3 is 30.5 Å². The highest BCUT2D eigenvalue weighted by Crippen LogP contribution is 2.35. The van der Waals surface area contributed by atoms with Crippen LogP contribution in [0.4, 0.5) is 10.2 Å². The number of aromatic carboxylic acids is 1. The van der Waals surface area contributed by atoms with Crippen molar-refractivity contribution in [1.82, 2.24) is 24.5 Å². The Bertz CT molecular complexity index is 1300. The number of imidazole rings is 1. The van der Waals surface area contributed by atoms with Gasteiger partial charge in [-0.2, -0.15) is 9.97 Å². The molecule has 0 amide bonds. The second-order valence-corrected chi connectivity index (χ2v) is 8.67. The molecule has 1 saturated heterocycles. The van der Waals surface area contributed by atoms with E-state index >= 15 is 0 Å². The van der Waals surface area contributed by atoms with Crippen LogP contribution < -0.4 is 5.73 Å². The predicted molar refractivity (Wildman–Crippen MR) is 115 cm³/mol. The van der Waals surface area contributed by atoms with Gasteiger partial charge in [-0.1, -0.05) is 0 Å². The maximum atomic E-state index is 14.9. The first-order valence-electron chi connectivity index (χ1n) is 9.75. The summed E-state index contributed by atoms with van der Waals surface area (Å²) in [5.74, 6) is -5.06. The van der Waals surface area contributed by atoms with Crippen molar-refractivity contribution < 1.29 is 43.6 Å². The van der Waals surface area contributed by atoms with Gasteiger partial charge in [0.1, 0.15) is 11.7 Å². The van der Waals surface area contributed by atoms with Crippen LogP contribution in [0.2, 0.25) is 5.28 Å². The lowest BCUT2D eigenvalue weighted by molar-refractivity contribution is -0.188. The van der Waals surface area contributed by atoms with Crippen LogP contribution in [0.25, 0.3) is 11.2 Å². The molecule has 1 aliphatic rings. The molecule has 0 radical (unpaired) electrons. The van der Waals surface area contributed by atoms with Crippen molar-refractivity contribution in [2.75, 3.05) is 12.3 Å². The quantitative estimate of drug-likeness (QED) is 0.225. The summed E-state index contributed by atoms with van der Waals surface area (Å²) in [7, 11) is 0. The number of thiazole rings is 1. The fourth-order valence-corrected chi connectivity index (χ4v) is 4.37. The number of nitrogens with zero attached hydrogens (tertiary/aromatic N) is 5. The van der Waals surface area contributed by atoms with E-state index < -0.39 is 55.0 Å². The minimum atomic E-state index is -2.81. The number of carboxylic acids is 3. The minimum Gasteiger partial charge on any atom is -0.479 e. The van der Waals surface area contributed by atoms with E-state index in [2.05, 4.69) is 19.9 Å². The first-order valence-corrected chi connectivity index (χ1v) is 11.0. The summed E-state index contributed by atoms with van der Waals surface area (Å²) >= 11 is 6.53. The van der Waals surface area contributed by atoms with Gasteiger partial charge in [-0.05, 0) is 11.6 Å². The highest BCUT2D eigenvalue weighted by Gasteiger charge is 2.50. The van der Waals surface area contributed by atoms with Crippen LogP contribution in [0.3, 0.4) is 0 Å². The van der Waals surface area contributed by atoms with Gasteiger partial charge in [0.2, 0.25) is 10.3 Å². The van der Waals surface area contributed by atoms with Gasteiger partial charge in [-0.25, -0.2) is 28.7 Å². The zero-order chi connectivity index (χ0) is 25.5. The molecule has 1 fully saturated rings. The number of aromatic nitrogens is 5. The standard InChI is InChI=1S/C18H16ClFN6O8S/c19-17-24-10(21)9-11(25-17)26(5-22-9)13-8(20)1-7(34-13)3-33-18(15(29)30,16(31)32)2-6-4-35-12(23-6)14(27)28/h4-5,7-8,13H,1-3H2,(H,27,28)(H,29,30)(H,31,32)(H2,21,24,25). The summed E-state index contributed by atoms with van der Waals surface area (Å²) in [5, 5.41) is 29.0. The SMILES string of the molecule is Nc1nc(Cl)nc2c1ncn2C1OC(COC(Cc2csc(C(=O)O)n2)(C(=O)O)C(=O)O)CC1F. The van der Waals surface area contributed by atoms with E-state index in [4.69, 9.17) is 31.9 Å². The number of nitrogen functional groups attached to an aromatic ring is 1. The second-order valence-electron chi connectivity index (χ2n) is 7.48. The Labute approximate surface area is 203 Å².